The Balaban J connectivity index is 1.54. The minimum absolute atomic E-state index is 0.0465. The second-order valence-electron chi connectivity index (χ2n) is 6.92. The van der Waals surface area contributed by atoms with E-state index in [1.807, 2.05) is 0 Å². The number of carbonyl (C=O) groups excluding carboxylic acids is 1. The van der Waals surface area contributed by atoms with E-state index in [4.69, 9.17) is 0 Å². The highest BCUT2D eigenvalue weighted by molar-refractivity contribution is 9.10. The smallest absolute Gasteiger partial charge is 0.322 e. The molecule has 1 N–H and O–H groups in total. The van der Waals surface area contributed by atoms with Crippen LogP contribution < -0.4 is 11.0 Å². The van der Waals surface area contributed by atoms with Crippen LogP contribution in [0.25, 0.3) is 5.65 Å². The van der Waals surface area contributed by atoms with Crippen molar-refractivity contribution in [2.24, 2.45) is 0 Å². The van der Waals surface area contributed by atoms with Crippen LogP contribution in [-0.2, 0) is 11.3 Å². The predicted octanol–water partition coefficient (Wildman–Crippen LogP) is 3.86. The Morgan fingerprint density at radius 1 is 1.31 bits per heavy atom. The van der Waals surface area contributed by atoms with Gasteiger partial charge in [0.05, 0.1) is 5.69 Å². The molecule has 3 aromatic rings. The van der Waals surface area contributed by atoms with E-state index in [2.05, 4.69) is 31.3 Å². The molecule has 29 heavy (non-hydrogen) atoms. The average molecular weight is 480 g/mol. The van der Waals surface area contributed by atoms with Gasteiger partial charge in [0.1, 0.15) is 17.4 Å². The Labute approximate surface area is 178 Å². The average Bonchev–Trinajstić information content (AvgIpc) is 3.02. The zero-order valence-electron chi connectivity index (χ0n) is 15.5. The molecule has 0 bridgehead atoms. The number of nitrogens with zero attached hydrogens (tertiary/aromatic N) is 4. The van der Waals surface area contributed by atoms with Crippen molar-refractivity contribution in [2.45, 2.75) is 48.9 Å². The van der Waals surface area contributed by atoms with Crippen LogP contribution in [0, 0.1) is 5.82 Å². The van der Waals surface area contributed by atoms with Gasteiger partial charge in [0, 0.05) is 22.1 Å². The first-order valence-corrected chi connectivity index (χ1v) is 11.0. The van der Waals surface area contributed by atoms with Crippen molar-refractivity contribution in [3.05, 3.63) is 51.4 Å². The Kier molecular flexibility index (Phi) is 6.00. The maximum Gasteiger partial charge on any atom is 0.350 e. The van der Waals surface area contributed by atoms with E-state index >= 15 is 0 Å². The number of fused-ring (bicyclic) bond motifs is 1. The molecule has 2 aromatic heterocycles. The molecular formula is C19H19BrFN5O2S. The summed E-state index contributed by atoms with van der Waals surface area (Å²) in [7, 11) is 0. The van der Waals surface area contributed by atoms with Gasteiger partial charge in [-0.25, -0.2) is 23.3 Å². The molecule has 0 saturated heterocycles. The lowest BCUT2D eigenvalue weighted by Crippen LogP contribution is -2.28. The SMILES string of the molecule is O=C(Cn1nc2c(SC3CCCCC3)nccn2c1=O)Nc1ccc(Br)cc1F. The van der Waals surface area contributed by atoms with E-state index in [0.717, 1.165) is 17.5 Å². The predicted molar refractivity (Wildman–Crippen MR) is 113 cm³/mol. The van der Waals surface area contributed by atoms with Gasteiger partial charge >= 0.3 is 5.69 Å². The van der Waals surface area contributed by atoms with Crippen molar-refractivity contribution in [1.29, 1.82) is 0 Å². The summed E-state index contributed by atoms with van der Waals surface area (Å²) >= 11 is 4.81. The topological polar surface area (TPSA) is 81.3 Å². The monoisotopic (exact) mass is 479 g/mol. The molecule has 1 saturated carbocycles. The molecule has 0 unspecified atom stereocenters. The molecule has 2 heterocycles. The quantitative estimate of drug-likeness (QED) is 0.600. The van der Waals surface area contributed by atoms with Crippen molar-refractivity contribution in [1.82, 2.24) is 19.2 Å². The molecule has 0 radical (unpaired) electrons. The molecule has 0 aliphatic heterocycles. The third kappa shape index (κ3) is 4.53. The summed E-state index contributed by atoms with van der Waals surface area (Å²) in [5.74, 6) is -1.10. The third-order valence-electron chi connectivity index (χ3n) is 4.80. The number of amides is 1. The summed E-state index contributed by atoms with van der Waals surface area (Å²) < 4.78 is 17.0. The van der Waals surface area contributed by atoms with E-state index < -0.39 is 17.4 Å². The van der Waals surface area contributed by atoms with Crippen LogP contribution >= 0.6 is 27.7 Å². The van der Waals surface area contributed by atoms with Crippen molar-refractivity contribution in [3.63, 3.8) is 0 Å². The molecule has 1 aliphatic carbocycles. The van der Waals surface area contributed by atoms with Gasteiger partial charge in [0.15, 0.2) is 5.65 Å². The molecular weight excluding hydrogens is 461 g/mol. The molecule has 152 valence electrons. The summed E-state index contributed by atoms with van der Waals surface area (Å²) in [6.07, 6.45) is 9.03. The Morgan fingerprint density at radius 3 is 2.86 bits per heavy atom. The molecule has 1 amide bonds. The fourth-order valence-corrected chi connectivity index (χ4v) is 4.95. The molecule has 1 aromatic carbocycles. The van der Waals surface area contributed by atoms with E-state index in [1.165, 1.54) is 35.8 Å². The Hall–Kier alpha value is -2.20. The lowest BCUT2D eigenvalue weighted by molar-refractivity contribution is -0.117. The number of hydrogen-bond donors (Lipinski definition) is 1. The maximum absolute atomic E-state index is 13.9. The number of benzene rings is 1. The van der Waals surface area contributed by atoms with E-state index in [9.17, 15) is 14.0 Å². The van der Waals surface area contributed by atoms with Crippen LogP contribution in [-0.4, -0.2) is 30.3 Å². The van der Waals surface area contributed by atoms with Crippen LogP contribution in [0.1, 0.15) is 32.1 Å². The summed E-state index contributed by atoms with van der Waals surface area (Å²) in [5, 5.41) is 7.94. The van der Waals surface area contributed by atoms with Crippen molar-refractivity contribution < 1.29 is 9.18 Å². The first-order chi connectivity index (χ1) is 14.0. The largest absolute Gasteiger partial charge is 0.350 e. The third-order valence-corrected chi connectivity index (χ3v) is 6.61. The molecule has 7 nitrogen and oxygen atoms in total. The highest BCUT2D eigenvalue weighted by Gasteiger charge is 2.20. The van der Waals surface area contributed by atoms with E-state index in [1.54, 1.807) is 30.2 Å². The van der Waals surface area contributed by atoms with Gasteiger partial charge in [-0.2, -0.15) is 0 Å². The van der Waals surface area contributed by atoms with Crippen molar-refractivity contribution >= 4 is 44.9 Å². The minimum atomic E-state index is -0.564. The zero-order valence-corrected chi connectivity index (χ0v) is 17.9. The Bertz CT molecular complexity index is 1110. The number of carbonyl (C=O) groups is 1. The summed E-state index contributed by atoms with van der Waals surface area (Å²) in [6, 6.07) is 4.33. The fourth-order valence-electron chi connectivity index (χ4n) is 3.37. The summed E-state index contributed by atoms with van der Waals surface area (Å²) in [5.41, 5.74) is 0.0558. The zero-order chi connectivity index (χ0) is 20.4. The van der Waals surface area contributed by atoms with Gasteiger partial charge < -0.3 is 5.32 Å². The van der Waals surface area contributed by atoms with Gasteiger partial charge in [-0.15, -0.1) is 5.10 Å². The molecule has 10 heteroatoms. The van der Waals surface area contributed by atoms with E-state index in [-0.39, 0.29) is 12.2 Å². The number of thioether (sulfide) groups is 1. The lowest BCUT2D eigenvalue weighted by Gasteiger charge is -2.20. The second-order valence-corrected chi connectivity index (χ2v) is 9.12. The van der Waals surface area contributed by atoms with Crippen LogP contribution in [0.4, 0.5) is 10.1 Å². The van der Waals surface area contributed by atoms with Crippen LogP contribution in [0.5, 0.6) is 0 Å². The normalized spacial score (nSPS) is 15.0. The van der Waals surface area contributed by atoms with Gasteiger partial charge in [0.2, 0.25) is 5.91 Å². The number of anilines is 1. The lowest BCUT2D eigenvalue weighted by atomic mass is 10.0. The van der Waals surface area contributed by atoms with Crippen LogP contribution in [0.3, 0.4) is 0 Å². The van der Waals surface area contributed by atoms with Crippen LogP contribution in [0.2, 0.25) is 0 Å². The van der Waals surface area contributed by atoms with E-state index in [0.29, 0.717) is 20.4 Å². The molecule has 0 atom stereocenters. The maximum atomic E-state index is 13.9. The Morgan fingerprint density at radius 2 is 2.10 bits per heavy atom. The number of nitrogens with one attached hydrogen (secondary N) is 1. The highest BCUT2D eigenvalue weighted by atomic mass is 79.9. The van der Waals surface area contributed by atoms with Gasteiger partial charge in [-0.05, 0) is 31.0 Å². The first-order valence-electron chi connectivity index (χ1n) is 9.37. The van der Waals surface area contributed by atoms with Crippen molar-refractivity contribution in [2.75, 3.05) is 5.32 Å². The summed E-state index contributed by atoms with van der Waals surface area (Å²) in [4.78, 5) is 29.4. The fraction of sp³-hybridized carbons (Fsp3) is 0.368. The standard InChI is InChI=1S/C19H19BrFN5O2S/c20-12-6-7-15(14(21)10-12)23-16(27)11-26-19(28)25-9-8-22-18(17(25)24-26)29-13-4-2-1-3-5-13/h6-10,13H,1-5,11H2,(H,23,27). The summed E-state index contributed by atoms with van der Waals surface area (Å²) in [6.45, 7) is -0.316. The number of halogens is 2. The number of hydrogen-bond acceptors (Lipinski definition) is 5. The van der Waals surface area contributed by atoms with Gasteiger partial charge in [0.25, 0.3) is 0 Å². The molecule has 1 fully saturated rings. The van der Waals surface area contributed by atoms with Crippen molar-refractivity contribution in [3.8, 4) is 0 Å². The van der Waals surface area contributed by atoms with Gasteiger partial charge in [-0.3, -0.25) is 4.79 Å². The number of rotatable bonds is 5. The second kappa shape index (κ2) is 8.66. The minimum Gasteiger partial charge on any atom is -0.322 e. The number of aromatic nitrogens is 4. The van der Waals surface area contributed by atoms with Gasteiger partial charge in [-0.1, -0.05) is 47.0 Å². The molecule has 1 aliphatic rings. The molecule has 4 rings (SSSR count). The first kappa shape index (κ1) is 20.1. The molecule has 0 spiro atoms. The highest BCUT2D eigenvalue weighted by Crippen LogP contribution is 2.33. The van der Waals surface area contributed by atoms with Crippen LogP contribution in [0.15, 0.2) is 44.9 Å².